The highest BCUT2D eigenvalue weighted by atomic mass is 16.7. The van der Waals surface area contributed by atoms with Crippen LogP contribution >= 0.6 is 0 Å². The quantitative estimate of drug-likeness (QED) is 0.0150. The lowest BCUT2D eigenvalue weighted by Crippen LogP contribution is -2.61. The van der Waals surface area contributed by atoms with E-state index < -0.39 is 67.4 Å². The minimum atomic E-state index is -1.65. The number of rotatable bonds is 40. The second-order valence-corrected chi connectivity index (χ2v) is 17.3. The summed E-state index contributed by atoms with van der Waals surface area (Å²) in [6.45, 7) is 5.40. The van der Waals surface area contributed by atoms with Gasteiger partial charge in [-0.25, -0.2) is 0 Å². The molecule has 1 aliphatic heterocycles. The fourth-order valence-electron chi connectivity index (χ4n) is 7.27. The van der Waals surface area contributed by atoms with Gasteiger partial charge in [0.2, 0.25) is 5.91 Å². The van der Waals surface area contributed by atoms with Gasteiger partial charge in [-0.1, -0.05) is 214 Å². The summed E-state index contributed by atoms with van der Waals surface area (Å²) in [7, 11) is 0. The third kappa shape index (κ3) is 32.7. The molecule has 1 amide bonds. The van der Waals surface area contributed by atoms with Crippen molar-refractivity contribution in [1.82, 2.24) is 5.32 Å². The van der Waals surface area contributed by atoms with Crippen LogP contribution in [0.25, 0.3) is 0 Å². The maximum absolute atomic E-state index is 13.3. The fraction of sp³-hybridized carbons (Fsp3) is 0.643. The van der Waals surface area contributed by atoms with Crippen molar-refractivity contribution in [3.63, 3.8) is 0 Å². The number of nitrogens with one attached hydrogen (secondary N) is 1. The molecule has 11 heteroatoms. The van der Waals surface area contributed by atoms with E-state index in [1.165, 1.54) is 51.4 Å². The van der Waals surface area contributed by atoms with Crippen LogP contribution in [-0.4, -0.2) is 99.6 Å². The first kappa shape index (κ1) is 61.3. The smallest absolute Gasteiger partial charge is 0.306 e. The van der Waals surface area contributed by atoms with Crippen molar-refractivity contribution in [2.75, 3.05) is 13.2 Å². The molecule has 0 bridgehead atoms. The Hall–Kier alpha value is -3.68. The average Bonchev–Trinajstić information content (AvgIpc) is 3.32. The van der Waals surface area contributed by atoms with Gasteiger partial charge in [0.15, 0.2) is 12.4 Å². The number of aliphatic hydroxyl groups excluding tert-OH is 5. The first-order chi connectivity index (χ1) is 32.7. The summed E-state index contributed by atoms with van der Waals surface area (Å²) in [4.78, 5) is 26.3. The average molecular weight is 938 g/mol. The normalized spacial score (nSPS) is 21.0. The Bertz CT molecular complexity index is 1500. The lowest BCUT2D eigenvalue weighted by Gasteiger charge is -2.41. The Morgan fingerprint density at radius 1 is 0.597 bits per heavy atom. The molecule has 1 rings (SSSR count). The van der Waals surface area contributed by atoms with Crippen LogP contribution in [0.5, 0.6) is 0 Å². The molecule has 0 radical (unpaired) electrons. The molecule has 1 fully saturated rings. The van der Waals surface area contributed by atoms with Gasteiger partial charge in [-0.05, 0) is 57.8 Å². The van der Waals surface area contributed by atoms with E-state index in [9.17, 15) is 35.1 Å². The lowest BCUT2D eigenvalue weighted by molar-refractivity contribution is -0.305. The van der Waals surface area contributed by atoms with E-state index in [1.807, 2.05) is 85.1 Å². The Labute approximate surface area is 405 Å². The van der Waals surface area contributed by atoms with Crippen molar-refractivity contribution in [1.29, 1.82) is 0 Å². The van der Waals surface area contributed by atoms with E-state index >= 15 is 0 Å². The van der Waals surface area contributed by atoms with Gasteiger partial charge in [0, 0.05) is 6.42 Å². The monoisotopic (exact) mass is 938 g/mol. The summed E-state index contributed by atoms with van der Waals surface area (Å²) in [5, 5.41) is 56.5. The highest BCUT2D eigenvalue weighted by Gasteiger charge is 2.47. The molecule has 0 spiro atoms. The number of allylic oxidation sites excluding steroid dienone is 17. The summed E-state index contributed by atoms with van der Waals surface area (Å²) in [5.41, 5.74) is 0. The molecule has 67 heavy (non-hydrogen) atoms. The molecule has 0 aliphatic carbocycles. The Morgan fingerprint density at radius 3 is 1.61 bits per heavy atom. The number of esters is 1. The highest BCUT2D eigenvalue weighted by molar-refractivity contribution is 5.80. The van der Waals surface area contributed by atoms with E-state index in [4.69, 9.17) is 14.2 Å². The Morgan fingerprint density at radius 2 is 1.07 bits per heavy atom. The van der Waals surface area contributed by atoms with Crippen molar-refractivity contribution >= 4 is 11.9 Å². The predicted molar refractivity (Wildman–Crippen MR) is 273 cm³/mol. The third-order valence-corrected chi connectivity index (χ3v) is 11.4. The van der Waals surface area contributed by atoms with E-state index in [0.717, 1.165) is 64.2 Å². The predicted octanol–water partition coefficient (Wildman–Crippen LogP) is 10.6. The molecule has 8 atom stereocenters. The van der Waals surface area contributed by atoms with Crippen molar-refractivity contribution in [2.45, 2.75) is 217 Å². The number of hydrogen-bond acceptors (Lipinski definition) is 10. The third-order valence-electron chi connectivity index (χ3n) is 11.4. The fourth-order valence-corrected chi connectivity index (χ4v) is 7.27. The summed E-state index contributed by atoms with van der Waals surface area (Å²) in [6, 6.07) is -1.05. The second-order valence-electron chi connectivity index (χ2n) is 17.3. The van der Waals surface area contributed by atoms with Crippen molar-refractivity contribution in [3.05, 3.63) is 109 Å². The zero-order chi connectivity index (χ0) is 49.0. The standard InChI is InChI=1S/C56H91NO10/c1-4-7-10-13-16-19-22-25-28-30-33-36-39-42-48(59)47(57-55(64)49(60)43-40-37-34-31-27-24-21-18-15-12-9-6-3)46-65-56-54(53(63)52(62)50(45-58)66-56)67-51(61)44-41-38-35-32-29-26-23-20-17-14-11-8-5-2/h8-9,11-12,14-15,17-18,20-21,23-24,26,29,32,35,39,42,47-50,52-54,56,58-60,62-63H,4-7,10,13,16,19,22,25,27-28,30-31,33-34,36-38,40-41,43-46H2,1-3H3,(H,57,64)/b11-8+,12-9+,17-14+,18-15+,23-20-,24-21-,29-26-,35-32+,42-39+. The van der Waals surface area contributed by atoms with Crippen LogP contribution in [0.1, 0.15) is 168 Å². The first-order valence-electron chi connectivity index (χ1n) is 25.8. The van der Waals surface area contributed by atoms with Gasteiger partial charge in [0.25, 0.3) is 0 Å². The summed E-state index contributed by atoms with van der Waals surface area (Å²) < 4.78 is 17.4. The molecular formula is C56H91NO10. The largest absolute Gasteiger partial charge is 0.454 e. The number of amides is 1. The summed E-state index contributed by atoms with van der Waals surface area (Å²) in [5.74, 6) is -1.31. The number of aliphatic hydroxyl groups is 5. The molecule has 380 valence electrons. The van der Waals surface area contributed by atoms with Gasteiger partial charge in [-0.2, -0.15) is 0 Å². The number of hydrogen-bond donors (Lipinski definition) is 6. The summed E-state index contributed by atoms with van der Waals surface area (Å²) in [6.07, 6.45) is 47.3. The van der Waals surface area contributed by atoms with Gasteiger partial charge in [0.05, 0.1) is 25.4 Å². The van der Waals surface area contributed by atoms with Crippen molar-refractivity contribution < 1.29 is 49.3 Å². The van der Waals surface area contributed by atoms with Crippen LogP contribution < -0.4 is 5.32 Å². The van der Waals surface area contributed by atoms with Crippen LogP contribution in [-0.2, 0) is 23.8 Å². The Balaban J connectivity index is 2.87. The molecule has 11 nitrogen and oxygen atoms in total. The van der Waals surface area contributed by atoms with E-state index in [-0.39, 0.29) is 19.4 Å². The van der Waals surface area contributed by atoms with Crippen molar-refractivity contribution in [2.24, 2.45) is 0 Å². The molecule has 0 aromatic heterocycles. The van der Waals surface area contributed by atoms with Crippen LogP contribution in [0, 0.1) is 0 Å². The van der Waals surface area contributed by atoms with Crippen LogP contribution in [0.3, 0.4) is 0 Å². The second kappa shape index (κ2) is 43.6. The molecular weight excluding hydrogens is 847 g/mol. The van der Waals surface area contributed by atoms with Crippen LogP contribution in [0.15, 0.2) is 109 Å². The minimum absolute atomic E-state index is 0.0184. The zero-order valence-corrected chi connectivity index (χ0v) is 41.5. The maximum atomic E-state index is 13.3. The maximum Gasteiger partial charge on any atom is 0.306 e. The number of carbonyl (C=O) groups excluding carboxylic acids is 2. The van der Waals surface area contributed by atoms with E-state index in [2.05, 4.69) is 44.3 Å². The molecule has 1 aliphatic rings. The minimum Gasteiger partial charge on any atom is -0.454 e. The first-order valence-corrected chi connectivity index (χ1v) is 25.8. The molecule has 0 aromatic carbocycles. The van der Waals surface area contributed by atoms with Gasteiger partial charge >= 0.3 is 5.97 Å². The SMILES string of the molecule is CC/C=C/C=C/C=C\C=C/C=C/CCCC(=O)OC1C(OCC(NC(=O)C(O)CCCCCC\C=C/C=C/C=C/CC)C(O)/C=C/CCCCCCCCCCCCC)OC(CO)C(O)C1O. The molecule has 0 saturated carbocycles. The number of ether oxygens (including phenoxy) is 3. The molecule has 1 saturated heterocycles. The Kier molecular flexibility index (Phi) is 39.9. The molecule has 8 unspecified atom stereocenters. The van der Waals surface area contributed by atoms with Crippen LogP contribution in [0.4, 0.5) is 0 Å². The number of unbranched alkanes of at least 4 members (excludes halogenated alkanes) is 16. The van der Waals surface area contributed by atoms with Crippen LogP contribution in [0.2, 0.25) is 0 Å². The van der Waals surface area contributed by atoms with Crippen molar-refractivity contribution in [3.8, 4) is 0 Å². The molecule has 0 aromatic rings. The molecule has 1 heterocycles. The summed E-state index contributed by atoms with van der Waals surface area (Å²) >= 11 is 0. The van der Waals surface area contributed by atoms with Gasteiger partial charge < -0.3 is 45.1 Å². The van der Waals surface area contributed by atoms with E-state index in [1.54, 1.807) is 6.08 Å². The van der Waals surface area contributed by atoms with E-state index in [0.29, 0.717) is 19.3 Å². The molecule has 6 N–H and O–H groups in total. The zero-order valence-electron chi connectivity index (χ0n) is 41.5. The highest BCUT2D eigenvalue weighted by Crippen LogP contribution is 2.26. The van der Waals surface area contributed by atoms with Gasteiger partial charge in [0.1, 0.15) is 24.4 Å². The van der Waals surface area contributed by atoms with Gasteiger partial charge in [-0.15, -0.1) is 0 Å². The number of carbonyl (C=O) groups is 2. The van der Waals surface area contributed by atoms with Gasteiger partial charge in [-0.3, -0.25) is 9.59 Å². The topological polar surface area (TPSA) is 175 Å². The lowest BCUT2D eigenvalue weighted by atomic mass is 9.99.